The summed E-state index contributed by atoms with van der Waals surface area (Å²) in [7, 11) is 1.72. The van der Waals surface area contributed by atoms with Crippen LogP contribution < -0.4 is 10.6 Å². The maximum atomic E-state index is 11.9. The van der Waals surface area contributed by atoms with E-state index in [1.807, 2.05) is 32.3 Å². The Morgan fingerprint density at radius 1 is 1.33 bits per heavy atom. The van der Waals surface area contributed by atoms with Crippen molar-refractivity contribution in [2.45, 2.75) is 53.2 Å². The van der Waals surface area contributed by atoms with Crippen molar-refractivity contribution in [2.75, 3.05) is 33.2 Å². The molecule has 1 aromatic heterocycles. The average molecular weight is 495 g/mol. The van der Waals surface area contributed by atoms with Gasteiger partial charge in [0, 0.05) is 39.6 Å². The second kappa shape index (κ2) is 12.7. The molecule has 0 saturated heterocycles. The van der Waals surface area contributed by atoms with Gasteiger partial charge in [-0.05, 0) is 27.7 Å². The smallest absolute Gasteiger partial charge is 0.410 e. The fraction of sp³-hybridized carbons (Fsp3) is 0.765. The number of nitrogens with zero attached hydrogens (tertiary/aromatic N) is 5. The number of hydrogen-bond acceptors (Lipinski definition) is 5. The third kappa shape index (κ3) is 10.4. The normalized spacial score (nSPS) is 11.6. The van der Waals surface area contributed by atoms with Crippen molar-refractivity contribution < 1.29 is 9.53 Å². The molecule has 1 aromatic rings. The predicted molar refractivity (Wildman–Crippen MR) is 118 cm³/mol. The van der Waals surface area contributed by atoms with Crippen LogP contribution in [0.15, 0.2) is 11.3 Å². The molecule has 1 rings (SSSR count). The molecule has 10 heteroatoms. The van der Waals surface area contributed by atoms with Crippen LogP contribution >= 0.6 is 24.0 Å². The number of halogens is 1. The van der Waals surface area contributed by atoms with E-state index in [0.29, 0.717) is 19.6 Å². The van der Waals surface area contributed by atoms with Gasteiger partial charge in [-0.2, -0.15) is 0 Å². The minimum Gasteiger partial charge on any atom is -0.444 e. The first-order valence-corrected chi connectivity index (χ1v) is 9.09. The molecule has 0 aliphatic rings. The van der Waals surface area contributed by atoms with E-state index in [9.17, 15) is 4.79 Å². The fourth-order valence-corrected chi connectivity index (χ4v) is 2.12. The van der Waals surface area contributed by atoms with E-state index in [1.165, 1.54) is 0 Å². The number of ether oxygens (including phenoxy) is 1. The Morgan fingerprint density at radius 3 is 2.63 bits per heavy atom. The number of amides is 1. The molecule has 0 radical (unpaired) electrons. The molecule has 0 spiro atoms. The van der Waals surface area contributed by atoms with Gasteiger partial charge in [0.2, 0.25) is 0 Å². The van der Waals surface area contributed by atoms with Gasteiger partial charge in [0.25, 0.3) is 0 Å². The third-order valence-electron chi connectivity index (χ3n) is 3.41. The standard InChI is InChI=1S/C17H33N7O2.HI/c1-7-14-22-21-13-24(14)12-10-20-15(18-8-2)19-9-11-23(6)16(25)26-17(3,4)5;/h13H,7-12H2,1-6H3,(H2,18,19,20);1H. The molecule has 0 atom stereocenters. The van der Waals surface area contributed by atoms with Crippen LogP contribution in [0.4, 0.5) is 4.79 Å². The Hall–Kier alpha value is -1.59. The number of aromatic nitrogens is 3. The van der Waals surface area contributed by atoms with Crippen molar-refractivity contribution in [2.24, 2.45) is 4.99 Å². The van der Waals surface area contributed by atoms with Crippen molar-refractivity contribution in [1.82, 2.24) is 30.3 Å². The second-order valence-corrected chi connectivity index (χ2v) is 6.88. The van der Waals surface area contributed by atoms with Crippen LogP contribution in [0.5, 0.6) is 0 Å². The third-order valence-corrected chi connectivity index (χ3v) is 3.41. The molecule has 156 valence electrons. The highest BCUT2D eigenvalue weighted by molar-refractivity contribution is 14.0. The Bertz CT molecular complexity index is 584. The van der Waals surface area contributed by atoms with E-state index in [1.54, 1.807) is 18.3 Å². The zero-order valence-corrected chi connectivity index (χ0v) is 19.6. The predicted octanol–water partition coefficient (Wildman–Crippen LogP) is 1.88. The lowest BCUT2D eigenvalue weighted by molar-refractivity contribution is 0.0302. The summed E-state index contributed by atoms with van der Waals surface area (Å²) in [5, 5.41) is 14.4. The van der Waals surface area contributed by atoms with Crippen molar-refractivity contribution in [3.05, 3.63) is 12.2 Å². The Morgan fingerprint density at radius 2 is 2.04 bits per heavy atom. The van der Waals surface area contributed by atoms with E-state index < -0.39 is 5.60 Å². The van der Waals surface area contributed by atoms with Crippen molar-refractivity contribution in [3.8, 4) is 0 Å². The number of carbonyl (C=O) groups is 1. The number of guanidine groups is 1. The topological polar surface area (TPSA) is 96.7 Å². The zero-order valence-electron chi connectivity index (χ0n) is 17.3. The van der Waals surface area contributed by atoms with Crippen LogP contribution in [0.3, 0.4) is 0 Å². The number of aliphatic imine (C=N–C) groups is 1. The first-order chi connectivity index (χ1) is 12.3. The van der Waals surface area contributed by atoms with Crippen LogP contribution in [0, 0.1) is 0 Å². The lowest BCUT2D eigenvalue weighted by atomic mass is 10.2. The van der Waals surface area contributed by atoms with E-state index in [4.69, 9.17) is 4.74 Å². The van der Waals surface area contributed by atoms with E-state index in [-0.39, 0.29) is 30.1 Å². The molecule has 1 amide bonds. The van der Waals surface area contributed by atoms with Gasteiger partial charge in [-0.25, -0.2) is 4.79 Å². The molecular formula is C17H34IN7O2. The molecule has 0 bridgehead atoms. The van der Waals surface area contributed by atoms with Crippen LogP contribution in [0.25, 0.3) is 0 Å². The molecule has 9 nitrogen and oxygen atoms in total. The summed E-state index contributed by atoms with van der Waals surface area (Å²) in [5.41, 5.74) is -0.491. The fourth-order valence-electron chi connectivity index (χ4n) is 2.12. The summed E-state index contributed by atoms with van der Waals surface area (Å²) in [6, 6.07) is 0. The lowest BCUT2D eigenvalue weighted by Gasteiger charge is -2.24. The molecule has 0 saturated carbocycles. The van der Waals surface area contributed by atoms with Gasteiger partial charge in [-0.15, -0.1) is 34.2 Å². The molecular weight excluding hydrogens is 461 g/mol. The van der Waals surface area contributed by atoms with Crippen LogP contribution in [0.2, 0.25) is 0 Å². The summed E-state index contributed by atoms with van der Waals surface area (Å²) in [5.74, 6) is 1.67. The number of carbonyl (C=O) groups excluding carboxylic acids is 1. The van der Waals surface area contributed by atoms with Gasteiger partial charge in [0.1, 0.15) is 17.8 Å². The number of hydrogen-bond donors (Lipinski definition) is 2. The minimum absolute atomic E-state index is 0. The van der Waals surface area contributed by atoms with Gasteiger partial charge in [-0.1, -0.05) is 6.92 Å². The second-order valence-electron chi connectivity index (χ2n) is 6.88. The van der Waals surface area contributed by atoms with Gasteiger partial charge < -0.3 is 24.8 Å². The maximum Gasteiger partial charge on any atom is 0.410 e. The largest absolute Gasteiger partial charge is 0.444 e. The lowest BCUT2D eigenvalue weighted by Crippen LogP contribution is -2.43. The van der Waals surface area contributed by atoms with Crippen molar-refractivity contribution >= 4 is 36.0 Å². The molecule has 0 aromatic carbocycles. The molecule has 1 heterocycles. The number of rotatable bonds is 8. The van der Waals surface area contributed by atoms with Gasteiger partial charge in [0.15, 0.2) is 5.96 Å². The summed E-state index contributed by atoms with van der Waals surface area (Å²) < 4.78 is 7.33. The molecule has 2 N–H and O–H groups in total. The minimum atomic E-state index is -0.491. The molecule has 0 aliphatic heterocycles. The van der Waals surface area contributed by atoms with Crippen molar-refractivity contribution in [3.63, 3.8) is 0 Å². The maximum absolute atomic E-state index is 11.9. The van der Waals surface area contributed by atoms with Gasteiger partial charge in [-0.3, -0.25) is 4.99 Å². The highest BCUT2D eigenvalue weighted by Crippen LogP contribution is 2.08. The SMILES string of the molecule is CCNC(=NCCn1cnnc1CC)NCCN(C)C(=O)OC(C)(C)C.I. The monoisotopic (exact) mass is 495 g/mol. The molecule has 27 heavy (non-hydrogen) atoms. The quantitative estimate of drug-likeness (QED) is 0.325. The van der Waals surface area contributed by atoms with Crippen LogP contribution in [-0.4, -0.2) is 70.5 Å². The van der Waals surface area contributed by atoms with E-state index in [2.05, 4.69) is 32.7 Å². The summed E-state index contributed by atoms with van der Waals surface area (Å²) in [6.07, 6.45) is 2.24. The van der Waals surface area contributed by atoms with E-state index in [0.717, 1.165) is 31.3 Å². The summed E-state index contributed by atoms with van der Waals surface area (Å²) >= 11 is 0. The summed E-state index contributed by atoms with van der Waals surface area (Å²) in [4.78, 5) is 18.0. The number of aryl methyl sites for hydroxylation is 1. The van der Waals surface area contributed by atoms with Gasteiger partial charge >= 0.3 is 6.09 Å². The first-order valence-electron chi connectivity index (χ1n) is 9.09. The average Bonchev–Trinajstić information content (AvgIpc) is 3.00. The Labute approximate surface area is 179 Å². The van der Waals surface area contributed by atoms with Crippen LogP contribution in [-0.2, 0) is 17.7 Å². The molecule has 0 aliphatic carbocycles. The molecule has 0 fully saturated rings. The first kappa shape index (κ1) is 25.4. The van der Waals surface area contributed by atoms with E-state index >= 15 is 0 Å². The van der Waals surface area contributed by atoms with Crippen molar-refractivity contribution in [1.29, 1.82) is 0 Å². The Kier molecular flexibility index (Phi) is 12.0. The number of likely N-dealkylation sites (N-methyl/N-ethyl adjacent to an activating group) is 1. The molecule has 0 unspecified atom stereocenters. The highest BCUT2D eigenvalue weighted by Gasteiger charge is 2.19. The Balaban J connectivity index is 0.00000676. The number of nitrogens with one attached hydrogen (secondary N) is 2. The highest BCUT2D eigenvalue weighted by atomic mass is 127. The van der Waals surface area contributed by atoms with Gasteiger partial charge in [0.05, 0.1) is 6.54 Å². The summed E-state index contributed by atoms with van der Waals surface area (Å²) in [6.45, 7) is 12.8. The zero-order chi connectivity index (χ0) is 19.6. The van der Waals surface area contributed by atoms with Crippen LogP contribution in [0.1, 0.15) is 40.4 Å².